The molecule has 0 spiro atoms. The number of halogens is 3. The average molecular weight is 429 g/mol. The van der Waals surface area contributed by atoms with Gasteiger partial charge in [0, 0.05) is 25.1 Å². The van der Waals surface area contributed by atoms with E-state index in [-0.39, 0.29) is 0 Å². The molecule has 0 fully saturated rings. The first-order valence-electron chi connectivity index (χ1n) is 4.60. The van der Waals surface area contributed by atoms with Crippen molar-refractivity contribution >= 4 is 53.8 Å². The Bertz CT molecular complexity index is 446. The Morgan fingerprint density at radius 1 is 1.35 bits per heavy atom. The molecule has 0 heterocycles. The van der Waals surface area contributed by atoms with Gasteiger partial charge in [-0.05, 0) is 60.8 Å². The lowest BCUT2D eigenvalue weighted by Crippen LogP contribution is -2.06. The summed E-state index contributed by atoms with van der Waals surface area (Å²) in [5, 5.41) is 0. The van der Waals surface area contributed by atoms with E-state index in [4.69, 9.17) is 4.89 Å². The van der Waals surface area contributed by atoms with Gasteiger partial charge in [0.25, 0.3) is 0 Å². The Morgan fingerprint density at radius 3 is 2.59 bits per heavy atom. The summed E-state index contributed by atoms with van der Waals surface area (Å²) >= 11 is 10.2. The van der Waals surface area contributed by atoms with E-state index < -0.39 is 12.1 Å². The van der Waals surface area contributed by atoms with Gasteiger partial charge in [0.15, 0.2) is 0 Å². The molecular weight excluding hydrogens is 420 g/mol. The van der Waals surface area contributed by atoms with Crippen molar-refractivity contribution in [2.45, 2.75) is 13.0 Å². The van der Waals surface area contributed by atoms with Crippen molar-refractivity contribution in [3.8, 4) is 0 Å². The van der Waals surface area contributed by atoms with Crippen LogP contribution in [0.2, 0.25) is 0 Å². The Balaban J connectivity index is 2.82. The standard InChI is InChI=1S/C11H9Br3O3/c1-3-9(15)17-16-6(2)7-4-5-8(12)11(14)10(7)13/h3-6H,1H2,2H3. The molecule has 1 aromatic carbocycles. The number of rotatable bonds is 4. The van der Waals surface area contributed by atoms with Gasteiger partial charge in [-0.1, -0.05) is 12.6 Å². The number of carbonyl (C=O) groups excluding carboxylic acids is 1. The molecule has 3 nitrogen and oxygen atoms in total. The van der Waals surface area contributed by atoms with Crippen molar-refractivity contribution in [2.24, 2.45) is 0 Å². The molecule has 0 bridgehead atoms. The topological polar surface area (TPSA) is 35.5 Å². The number of hydrogen-bond donors (Lipinski definition) is 0. The minimum Gasteiger partial charge on any atom is -0.293 e. The smallest absolute Gasteiger partial charge is 0.293 e. The molecule has 92 valence electrons. The minimum absolute atomic E-state index is 0.391. The van der Waals surface area contributed by atoms with E-state index in [2.05, 4.69) is 59.3 Å². The molecule has 17 heavy (non-hydrogen) atoms. The van der Waals surface area contributed by atoms with E-state index in [0.717, 1.165) is 25.1 Å². The molecule has 0 aromatic heterocycles. The molecule has 1 aromatic rings. The Kier molecular flexibility index (Phi) is 5.85. The van der Waals surface area contributed by atoms with Gasteiger partial charge in [0.05, 0.1) is 0 Å². The van der Waals surface area contributed by atoms with Crippen LogP contribution in [0.25, 0.3) is 0 Å². The van der Waals surface area contributed by atoms with Gasteiger partial charge < -0.3 is 0 Å². The fraction of sp³-hybridized carbons (Fsp3) is 0.182. The molecule has 1 rings (SSSR count). The Morgan fingerprint density at radius 2 is 2.00 bits per heavy atom. The zero-order chi connectivity index (χ0) is 13.0. The molecule has 0 N–H and O–H groups in total. The summed E-state index contributed by atoms with van der Waals surface area (Å²) in [7, 11) is 0. The molecule has 1 atom stereocenters. The van der Waals surface area contributed by atoms with E-state index in [1.54, 1.807) is 6.92 Å². The van der Waals surface area contributed by atoms with Gasteiger partial charge >= 0.3 is 5.97 Å². The van der Waals surface area contributed by atoms with Gasteiger partial charge in [-0.25, -0.2) is 4.79 Å². The molecule has 0 aliphatic heterocycles. The molecule has 1 unspecified atom stereocenters. The summed E-state index contributed by atoms with van der Waals surface area (Å²) in [5.41, 5.74) is 0.858. The zero-order valence-electron chi connectivity index (χ0n) is 8.88. The lowest BCUT2D eigenvalue weighted by atomic mass is 10.1. The first-order valence-corrected chi connectivity index (χ1v) is 6.98. The molecule has 6 heteroatoms. The Hall–Kier alpha value is -0.170. The quantitative estimate of drug-likeness (QED) is 0.302. The first kappa shape index (κ1) is 14.9. The van der Waals surface area contributed by atoms with Crippen molar-refractivity contribution < 1.29 is 14.6 Å². The highest BCUT2D eigenvalue weighted by atomic mass is 79.9. The second-order valence-electron chi connectivity index (χ2n) is 3.11. The maximum atomic E-state index is 10.9. The van der Waals surface area contributed by atoms with Crippen LogP contribution in [0.4, 0.5) is 0 Å². The van der Waals surface area contributed by atoms with Crippen molar-refractivity contribution in [2.75, 3.05) is 0 Å². The van der Waals surface area contributed by atoms with E-state index in [9.17, 15) is 4.79 Å². The molecule has 0 radical (unpaired) electrons. The van der Waals surface area contributed by atoms with E-state index in [0.29, 0.717) is 0 Å². The van der Waals surface area contributed by atoms with Crippen LogP contribution < -0.4 is 0 Å². The van der Waals surface area contributed by atoms with Crippen molar-refractivity contribution in [1.29, 1.82) is 0 Å². The maximum Gasteiger partial charge on any atom is 0.365 e. The molecule has 0 aliphatic carbocycles. The van der Waals surface area contributed by atoms with Crippen LogP contribution >= 0.6 is 47.8 Å². The van der Waals surface area contributed by atoms with Crippen molar-refractivity contribution in [3.05, 3.63) is 43.8 Å². The van der Waals surface area contributed by atoms with Crippen LogP contribution in [0.5, 0.6) is 0 Å². The monoisotopic (exact) mass is 426 g/mol. The van der Waals surface area contributed by atoms with Crippen molar-refractivity contribution in [1.82, 2.24) is 0 Å². The first-order chi connectivity index (χ1) is 7.97. The fourth-order valence-corrected chi connectivity index (χ4v) is 2.69. The van der Waals surface area contributed by atoms with Gasteiger partial charge in [-0.3, -0.25) is 4.89 Å². The van der Waals surface area contributed by atoms with E-state index >= 15 is 0 Å². The summed E-state index contributed by atoms with van der Waals surface area (Å²) in [6.07, 6.45) is 0.650. The summed E-state index contributed by atoms with van der Waals surface area (Å²) in [5.74, 6) is -0.621. The number of hydrogen-bond acceptors (Lipinski definition) is 3. The van der Waals surface area contributed by atoms with Crippen LogP contribution in [-0.2, 0) is 14.6 Å². The van der Waals surface area contributed by atoms with Gasteiger partial charge in [0.2, 0.25) is 0 Å². The summed E-state index contributed by atoms with van der Waals surface area (Å²) in [6, 6.07) is 3.74. The number of carbonyl (C=O) groups is 1. The third-order valence-corrected chi connectivity index (χ3v) is 5.35. The normalized spacial score (nSPS) is 12.0. The van der Waals surface area contributed by atoms with Crippen LogP contribution in [0.3, 0.4) is 0 Å². The molecular formula is C11H9Br3O3. The van der Waals surface area contributed by atoms with Gasteiger partial charge in [-0.15, -0.1) is 0 Å². The van der Waals surface area contributed by atoms with Crippen molar-refractivity contribution in [3.63, 3.8) is 0 Å². The SMILES string of the molecule is C=CC(=O)OOC(C)c1ccc(Br)c(Br)c1Br. The second kappa shape index (κ2) is 6.68. The molecule has 0 saturated heterocycles. The highest BCUT2D eigenvalue weighted by Gasteiger charge is 2.15. The van der Waals surface area contributed by atoms with Crippen LogP contribution in [-0.4, -0.2) is 5.97 Å². The predicted molar refractivity (Wildman–Crippen MR) is 75.3 cm³/mol. The molecule has 0 aliphatic rings. The largest absolute Gasteiger partial charge is 0.365 e. The number of benzene rings is 1. The average Bonchev–Trinajstić information content (AvgIpc) is 2.32. The summed E-state index contributed by atoms with van der Waals surface area (Å²) < 4.78 is 2.64. The maximum absolute atomic E-state index is 10.9. The summed E-state index contributed by atoms with van der Waals surface area (Å²) in [4.78, 5) is 20.4. The van der Waals surface area contributed by atoms with Crippen LogP contribution in [0.1, 0.15) is 18.6 Å². The minimum atomic E-state index is -0.621. The fourth-order valence-electron chi connectivity index (χ4n) is 1.06. The second-order valence-corrected chi connectivity index (χ2v) is 5.55. The lowest BCUT2D eigenvalue weighted by Gasteiger charge is -2.14. The predicted octanol–water partition coefficient (Wildman–Crippen LogP) is 4.70. The van der Waals surface area contributed by atoms with E-state index in [1.165, 1.54) is 0 Å². The lowest BCUT2D eigenvalue weighted by molar-refractivity contribution is -0.293. The third-order valence-electron chi connectivity index (χ3n) is 1.94. The summed E-state index contributed by atoms with van der Waals surface area (Å²) in [6.45, 7) is 5.05. The zero-order valence-corrected chi connectivity index (χ0v) is 13.6. The highest BCUT2D eigenvalue weighted by Crippen LogP contribution is 2.37. The van der Waals surface area contributed by atoms with Crippen LogP contribution in [0.15, 0.2) is 38.2 Å². The Labute approximate surface area is 124 Å². The molecule has 0 amide bonds. The van der Waals surface area contributed by atoms with Gasteiger partial charge in [0.1, 0.15) is 6.10 Å². The third kappa shape index (κ3) is 3.91. The van der Waals surface area contributed by atoms with Crippen LogP contribution in [0, 0.1) is 0 Å². The highest BCUT2D eigenvalue weighted by molar-refractivity contribution is 9.14. The molecule has 0 saturated carbocycles. The van der Waals surface area contributed by atoms with E-state index in [1.807, 2.05) is 12.1 Å². The van der Waals surface area contributed by atoms with Gasteiger partial charge in [-0.2, -0.15) is 4.89 Å².